The van der Waals surface area contributed by atoms with Crippen LogP contribution in [0.25, 0.3) is 10.8 Å². The Bertz CT molecular complexity index is 1210. The van der Waals surface area contributed by atoms with Crippen LogP contribution in [0.5, 0.6) is 0 Å². The van der Waals surface area contributed by atoms with Gasteiger partial charge < -0.3 is 5.32 Å². The first-order valence-electron chi connectivity index (χ1n) is 10.8. The second-order valence-electron chi connectivity index (χ2n) is 8.12. The van der Waals surface area contributed by atoms with Crippen molar-refractivity contribution in [3.63, 3.8) is 0 Å². The molecule has 0 unspecified atom stereocenters. The fourth-order valence-corrected chi connectivity index (χ4v) is 5.30. The second kappa shape index (κ2) is 8.71. The third-order valence-electron chi connectivity index (χ3n) is 5.95. The maximum atomic E-state index is 12.6. The molecule has 0 atom stereocenters. The van der Waals surface area contributed by atoms with E-state index in [0.29, 0.717) is 12.1 Å². The summed E-state index contributed by atoms with van der Waals surface area (Å²) in [5.41, 5.74) is 5.28. The summed E-state index contributed by atoms with van der Waals surface area (Å²) in [6.45, 7) is 2.32. The van der Waals surface area contributed by atoms with Gasteiger partial charge in [-0.25, -0.2) is 8.42 Å². The highest BCUT2D eigenvalue weighted by atomic mass is 32.2. The number of carbonyl (C=O) groups is 1. The molecule has 1 aliphatic carbocycles. The summed E-state index contributed by atoms with van der Waals surface area (Å²) in [5, 5.41) is 5.37. The van der Waals surface area contributed by atoms with Crippen LogP contribution in [0, 0.1) is 0 Å². The fraction of sp³-hybridized carbons (Fsp3) is 0.320. The van der Waals surface area contributed by atoms with Gasteiger partial charge in [-0.05, 0) is 66.0 Å². The number of amides is 1. The highest BCUT2D eigenvalue weighted by molar-refractivity contribution is 7.92. The van der Waals surface area contributed by atoms with Gasteiger partial charge in [0.05, 0.1) is 11.9 Å². The van der Waals surface area contributed by atoms with Crippen molar-refractivity contribution in [2.75, 3.05) is 22.4 Å². The van der Waals surface area contributed by atoms with E-state index in [2.05, 4.69) is 30.4 Å². The molecule has 0 heterocycles. The lowest BCUT2D eigenvalue weighted by atomic mass is 10.0. The average Bonchev–Trinajstić information content (AvgIpc) is 3.17. The summed E-state index contributed by atoms with van der Waals surface area (Å²) < 4.78 is 26.0. The predicted molar refractivity (Wildman–Crippen MR) is 127 cm³/mol. The largest absolute Gasteiger partial charge is 0.326 e. The first-order chi connectivity index (χ1) is 14.9. The molecule has 4 rings (SSSR count). The Balaban J connectivity index is 1.42. The molecule has 0 saturated carbocycles. The molecule has 0 spiro atoms. The number of hydrogen-bond donors (Lipinski definition) is 1. The number of sulfonamides is 1. The topological polar surface area (TPSA) is 66.5 Å². The smallest absolute Gasteiger partial charge is 0.232 e. The predicted octanol–water partition coefficient (Wildman–Crippen LogP) is 4.69. The molecule has 1 amide bonds. The summed E-state index contributed by atoms with van der Waals surface area (Å²) in [7, 11) is -3.42. The molecule has 0 bridgehead atoms. The molecule has 0 aromatic heterocycles. The van der Waals surface area contributed by atoms with Gasteiger partial charge in [0, 0.05) is 24.0 Å². The van der Waals surface area contributed by atoms with E-state index in [1.54, 1.807) is 0 Å². The molecular formula is C25H28N2O3S. The number of carbonyl (C=O) groups excluding carboxylic acids is 1. The van der Waals surface area contributed by atoms with Crippen LogP contribution in [0.3, 0.4) is 0 Å². The highest BCUT2D eigenvalue weighted by Crippen LogP contribution is 2.35. The number of anilines is 2. The Morgan fingerprint density at radius 1 is 1.00 bits per heavy atom. The molecule has 1 aliphatic rings. The van der Waals surface area contributed by atoms with Crippen LogP contribution >= 0.6 is 0 Å². The Morgan fingerprint density at radius 3 is 2.39 bits per heavy atom. The van der Waals surface area contributed by atoms with E-state index in [0.717, 1.165) is 35.9 Å². The molecule has 1 N–H and O–H groups in total. The molecule has 3 aromatic carbocycles. The Labute approximate surface area is 184 Å². The SMILES string of the molecule is CCc1ccc(N(CCCC(=O)Nc2ccc3c4c(cccc24)CC3)S(C)(=O)=O)cc1. The van der Waals surface area contributed by atoms with Gasteiger partial charge in [-0.1, -0.05) is 43.3 Å². The van der Waals surface area contributed by atoms with Gasteiger partial charge in [0.2, 0.25) is 15.9 Å². The van der Waals surface area contributed by atoms with Gasteiger partial charge in [0.15, 0.2) is 0 Å². The minimum absolute atomic E-state index is 0.103. The van der Waals surface area contributed by atoms with Crippen molar-refractivity contribution in [2.45, 2.75) is 39.0 Å². The summed E-state index contributed by atoms with van der Waals surface area (Å²) in [5.74, 6) is -0.103. The van der Waals surface area contributed by atoms with Crippen molar-refractivity contribution >= 4 is 38.1 Å². The molecule has 31 heavy (non-hydrogen) atoms. The van der Waals surface area contributed by atoms with Crippen LogP contribution in [0.4, 0.5) is 11.4 Å². The zero-order valence-corrected chi connectivity index (χ0v) is 18.8. The number of hydrogen-bond acceptors (Lipinski definition) is 3. The molecular weight excluding hydrogens is 408 g/mol. The highest BCUT2D eigenvalue weighted by Gasteiger charge is 2.19. The fourth-order valence-electron chi connectivity index (χ4n) is 4.34. The summed E-state index contributed by atoms with van der Waals surface area (Å²) in [4.78, 5) is 12.6. The van der Waals surface area contributed by atoms with Crippen molar-refractivity contribution in [3.8, 4) is 0 Å². The summed E-state index contributed by atoms with van der Waals surface area (Å²) in [6.07, 6.45) is 4.89. The van der Waals surface area contributed by atoms with E-state index in [1.165, 1.54) is 27.1 Å². The van der Waals surface area contributed by atoms with Crippen molar-refractivity contribution < 1.29 is 13.2 Å². The van der Waals surface area contributed by atoms with Gasteiger partial charge >= 0.3 is 0 Å². The summed E-state index contributed by atoms with van der Waals surface area (Å²) in [6, 6.07) is 17.8. The Hall–Kier alpha value is -2.86. The van der Waals surface area contributed by atoms with Gasteiger partial charge in [-0.3, -0.25) is 9.10 Å². The van der Waals surface area contributed by atoms with Crippen molar-refractivity contribution in [2.24, 2.45) is 0 Å². The molecule has 6 heteroatoms. The molecule has 3 aromatic rings. The quantitative estimate of drug-likeness (QED) is 0.557. The van der Waals surface area contributed by atoms with Crippen LogP contribution in [0.15, 0.2) is 54.6 Å². The van der Waals surface area contributed by atoms with Crippen LogP contribution in [0.2, 0.25) is 0 Å². The number of aryl methyl sites for hydroxylation is 3. The lowest BCUT2D eigenvalue weighted by molar-refractivity contribution is -0.116. The van der Waals surface area contributed by atoms with E-state index in [-0.39, 0.29) is 18.9 Å². The molecule has 0 fully saturated rings. The second-order valence-corrected chi connectivity index (χ2v) is 10.0. The van der Waals surface area contributed by atoms with Gasteiger partial charge in [0.25, 0.3) is 0 Å². The molecule has 0 aliphatic heterocycles. The van der Waals surface area contributed by atoms with Crippen molar-refractivity contribution in [3.05, 3.63) is 71.3 Å². The number of benzene rings is 3. The lowest BCUT2D eigenvalue weighted by Crippen LogP contribution is -2.31. The number of nitrogens with one attached hydrogen (secondary N) is 1. The van der Waals surface area contributed by atoms with Crippen LogP contribution in [-0.2, 0) is 34.1 Å². The molecule has 5 nitrogen and oxygen atoms in total. The van der Waals surface area contributed by atoms with Crippen molar-refractivity contribution in [1.29, 1.82) is 0 Å². The Morgan fingerprint density at radius 2 is 1.71 bits per heavy atom. The summed E-state index contributed by atoms with van der Waals surface area (Å²) >= 11 is 0. The van der Waals surface area contributed by atoms with E-state index >= 15 is 0 Å². The standard InChI is InChI=1S/C25H28N2O3S/c1-3-18-9-14-21(15-10-18)27(31(2,29)30)17-5-8-24(28)26-23-16-13-20-12-11-19-6-4-7-22(23)25(19)20/h4,6-7,9-10,13-16H,3,5,8,11-12,17H2,1-2H3,(H,26,28). The maximum Gasteiger partial charge on any atom is 0.232 e. The lowest BCUT2D eigenvalue weighted by Gasteiger charge is -2.22. The Kier molecular flexibility index (Phi) is 6.01. The first kappa shape index (κ1) is 21.4. The van der Waals surface area contributed by atoms with E-state index in [1.807, 2.05) is 36.4 Å². The van der Waals surface area contributed by atoms with Crippen LogP contribution in [0.1, 0.15) is 36.5 Å². The molecule has 0 radical (unpaired) electrons. The van der Waals surface area contributed by atoms with Crippen LogP contribution in [-0.4, -0.2) is 27.1 Å². The molecule has 162 valence electrons. The van der Waals surface area contributed by atoms with Gasteiger partial charge in [-0.2, -0.15) is 0 Å². The van der Waals surface area contributed by atoms with E-state index < -0.39 is 10.0 Å². The van der Waals surface area contributed by atoms with Crippen LogP contribution < -0.4 is 9.62 Å². The van der Waals surface area contributed by atoms with Gasteiger partial charge in [0.1, 0.15) is 0 Å². The number of nitrogens with zero attached hydrogens (tertiary/aromatic N) is 1. The third-order valence-corrected chi connectivity index (χ3v) is 7.14. The number of rotatable bonds is 8. The third kappa shape index (κ3) is 4.59. The average molecular weight is 437 g/mol. The van der Waals surface area contributed by atoms with E-state index in [4.69, 9.17) is 0 Å². The van der Waals surface area contributed by atoms with Crippen molar-refractivity contribution in [1.82, 2.24) is 0 Å². The van der Waals surface area contributed by atoms with E-state index in [9.17, 15) is 13.2 Å². The zero-order chi connectivity index (χ0) is 22.0. The minimum atomic E-state index is -3.42. The minimum Gasteiger partial charge on any atom is -0.326 e. The van der Waals surface area contributed by atoms with Gasteiger partial charge in [-0.15, -0.1) is 0 Å². The first-order valence-corrected chi connectivity index (χ1v) is 12.6. The maximum absolute atomic E-state index is 12.6. The molecule has 0 saturated heterocycles. The zero-order valence-electron chi connectivity index (χ0n) is 18.0. The normalized spacial score (nSPS) is 12.8. The monoisotopic (exact) mass is 436 g/mol.